The Bertz CT molecular complexity index is 189. The number of aliphatic imine (C=N–C) groups is 1. The minimum Gasteiger partial charge on any atom is -0.373 e. The minimum atomic E-state index is 0.791. The van der Waals surface area contributed by atoms with Crippen LogP contribution in [0.1, 0.15) is 32.1 Å². The highest BCUT2D eigenvalue weighted by atomic mass is 15.0. The van der Waals surface area contributed by atoms with Crippen LogP contribution in [0.3, 0.4) is 0 Å². The van der Waals surface area contributed by atoms with E-state index < -0.39 is 0 Å². The molecule has 0 radical (unpaired) electrons. The molecule has 0 unspecified atom stereocenters. The van der Waals surface area contributed by atoms with E-state index in [1.165, 1.54) is 19.3 Å². The lowest BCUT2D eigenvalue weighted by Gasteiger charge is -2.05. The summed E-state index contributed by atoms with van der Waals surface area (Å²) in [6.45, 7) is 1.85. The maximum absolute atomic E-state index is 5.15. The molecular weight excluding hydrogens is 148 g/mol. The van der Waals surface area contributed by atoms with E-state index in [4.69, 9.17) is 6.42 Å². The topological polar surface area (TPSA) is 24.4 Å². The molecule has 66 valence electrons. The van der Waals surface area contributed by atoms with Crippen molar-refractivity contribution in [3.8, 4) is 12.3 Å². The number of hydrogen-bond acceptors (Lipinski definition) is 2. The van der Waals surface area contributed by atoms with Gasteiger partial charge in [-0.15, -0.1) is 12.3 Å². The van der Waals surface area contributed by atoms with Gasteiger partial charge in [-0.25, -0.2) is 0 Å². The van der Waals surface area contributed by atoms with Gasteiger partial charge in [-0.1, -0.05) is 6.42 Å². The van der Waals surface area contributed by atoms with Crippen molar-refractivity contribution in [1.82, 2.24) is 5.32 Å². The Morgan fingerprint density at radius 3 is 3.17 bits per heavy atom. The number of hydrogen-bond donors (Lipinski definition) is 1. The summed E-state index contributed by atoms with van der Waals surface area (Å²) >= 11 is 0. The van der Waals surface area contributed by atoms with Crippen molar-refractivity contribution >= 4 is 5.84 Å². The molecule has 1 rings (SSSR count). The van der Waals surface area contributed by atoms with Crippen LogP contribution in [0, 0.1) is 12.3 Å². The second-order valence-corrected chi connectivity index (χ2v) is 3.02. The second-order valence-electron chi connectivity index (χ2n) is 3.02. The van der Waals surface area contributed by atoms with Gasteiger partial charge < -0.3 is 5.32 Å². The van der Waals surface area contributed by atoms with Gasteiger partial charge in [0.05, 0.1) is 5.84 Å². The Hall–Kier alpha value is -0.970. The van der Waals surface area contributed by atoms with Crippen LogP contribution in [0.5, 0.6) is 0 Å². The molecule has 0 atom stereocenters. The van der Waals surface area contributed by atoms with Crippen LogP contribution >= 0.6 is 0 Å². The summed E-state index contributed by atoms with van der Waals surface area (Å²) in [6.07, 6.45) is 10.8. The summed E-state index contributed by atoms with van der Waals surface area (Å²) in [5.41, 5.74) is 0. The Balaban J connectivity index is 2.20. The van der Waals surface area contributed by atoms with Crippen LogP contribution in [-0.2, 0) is 0 Å². The van der Waals surface area contributed by atoms with Crippen LogP contribution in [0.4, 0.5) is 0 Å². The maximum atomic E-state index is 5.15. The molecule has 1 N–H and O–H groups in total. The van der Waals surface area contributed by atoms with E-state index >= 15 is 0 Å². The lowest BCUT2D eigenvalue weighted by atomic mass is 10.2. The Morgan fingerprint density at radius 1 is 1.42 bits per heavy atom. The molecule has 0 aliphatic carbocycles. The van der Waals surface area contributed by atoms with Crippen LogP contribution in [0.2, 0.25) is 0 Å². The molecule has 2 heteroatoms. The SMILES string of the molecule is C#CCCNC1=NCCCCC1. The molecule has 0 aromatic carbocycles. The smallest absolute Gasteiger partial charge is 0.0963 e. The van der Waals surface area contributed by atoms with E-state index in [1.54, 1.807) is 0 Å². The Morgan fingerprint density at radius 2 is 2.33 bits per heavy atom. The van der Waals surface area contributed by atoms with Gasteiger partial charge in [0.15, 0.2) is 0 Å². The van der Waals surface area contributed by atoms with Crippen molar-refractivity contribution in [2.75, 3.05) is 13.1 Å². The molecule has 0 fully saturated rings. The van der Waals surface area contributed by atoms with Crippen LogP contribution < -0.4 is 5.32 Å². The first kappa shape index (κ1) is 9.12. The van der Waals surface area contributed by atoms with Crippen molar-refractivity contribution in [2.24, 2.45) is 4.99 Å². The largest absolute Gasteiger partial charge is 0.373 e. The first-order chi connectivity index (χ1) is 5.93. The summed E-state index contributed by atoms with van der Waals surface area (Å²) in [7, 11) is 0. The molecule has 1 heterocycles. The molecule has 0 spiro atoms. The van der Waals surface area contributed by atoms with Crippen molar-refractivity contribution in [3.05, 3.63) is 0 Å². The van der Waals surface area contributed by atoms with Crippen LogP contribution in [0.15, 0.2) is 4.99 Å². The fourth-order valence-corrected chi connectivity index (χ4v) is 1.30. The quantitative estimate of drug-likeness (QED) is 0.486. The zero-order chi connectivity index (χ0) is 8.65. The second kappa shape index (κ2) is 5.65. The third-order valence-corrected chi connectivity index (χ3v) is 1.97. The highest BCUT2D eigenvalue weighted by molar-refractivity contribution is 5.82. The highest BCUT2D eigenvalue weighted by Crippen LogP contribution is 2.05. The third-order valence-electron chi connectivity index (χ3n) is 1.97. The lowest BCUT2D eigenvalue weighted by Crippen LogP contribution is -2.23. The number of amidine groups is 1. The average molecular weight is 164 g/mol. The van der Waals surface area contributed by atoms with Crippen LogP contribution in [0.25, 0.3) is 0 Å². The number of nitrogens with one attached hydrogen (secondary N) is 1. The molecule has 0 bridgehead atoms. The van der Waals surface area contributed by atoms with Gasteiger partial charge in [-0.3, -0.25) is 4.99 Å². The monoisotopic (exact) mass is 164 g/mol. The van der Waals surface area contributed by atoms with Crippen molar-refractivity contribution < 1.29 is 0 Å². The van der Waals surface area contributed by atoms with Gasteiger partial charge in [0, 0.05) is 25.9 Å². The molecule has 1 aliphatic heterocycles. The zero-order valence-corrected chi connectivity index (χ0v) is 7.47. The molecular formula is C10H16N2. The molecule has 0 saturated heterocycles. The van der Waals surface area contributed by atoms with Gasteiger partial charge >= 0.3 is 0 Å². The van der Waals surface area contributed by atoms with Crippen molar-refractivity contribution in [3.63, 3.8) is 0 Å². The molecule has 2 nitrogen and oxygen atoms in total. The number of rotatable bonds is 2. The molecule has 12 heavy (non-hydrogen) atoms. The molecule has 0 amide bonds. The summed E-state index contributed by atoms with van der Waals surface area (Å²) in [4.78, 5) is 4.43. The van der Waals surface area contributed by atoms with Crippen molar-refractivity contribution in [1.29, 1.82) is 0 Å². The van der Waals surface area contributed by atoms with Crippen LogP contribution in [-0.4, -0.2) is 18.9 Å². The minimum absolute atomic E-state index is 0.791. The fourth-order valence-electron chi connectivity index (χ4n) is 1.30. The van der Waals surface area contributed by atoms with E-state index in [0.717, 1.165) is 31.8 Å². The summed E-state index contributed by atoms with van der Waals surface area (Å²) in [6, 6.07) is 0. The fraction of sp³-hybridized carbons (Fsp3) is 0.700. The van der Waals surface area contributed by atoms with E-state index in [-0.39, 0.29) is 0 Å². The Labute approximate surface area is 74.5 Å². The molecule has 0 saturated carbocycles. The Kier molecular flexibility index (Phi) is 4.30. The van der Waals surface area contributed by atoms with E-state index in [0.29, 0.717) is 0 Å². The zero-order valence-electron chi connectivity index (χ0n) is 7.47. The third kappa shape index (κ3) is 3.43. The van der Waals surface area contributed by atoms with Gasteiger partial charge in [-0.05, 0) is 12.8 Å². The number of nitrogens with zero attached hydrogens (tertiary/aromatic N) is 1. The van der Waals surface area contributed by atoms with Gasteiger partial charge in [0.2, 0.25) is 0 Å². The van der Waals surface area contributed by atoms with Crippen molar-refractivity contribution in [2.45, 2.75) is 32.1 Å². The number of terminal acetylenes is 1. The first-order valence-electron chi connectivity index (χ1n) is 4.64. The van der Waals surface area contributed by atoms with Gasteiger partial charge in [0.1, 0.15) is 0 Å². The first-order valence-corrected chi connectivity index (χ1v) is 4.64. The normalized spacial score (nSPS) is 17.4. The predicted octanol–water partition coefficient (Wildman–Crippen LogP) is 1.57. The standard InChI is InChI=1S/C10H16N2/c1-2-3-8-11-10-7-5-4-6-9-12-10/h1H,3-9H2,(H,11,12). The molecule has 0 aromatic heterocycles. The summed E-state index contributed by atoms with van der Waals surface area (Å²) < 4.78 is 0. The summed E-state index contributed by atoms with van der Waals surface area (Å²) in [5.74, 6) is 3.76. The molecule has 1 aliphatic rings. The highest BCUT2D eigenvalue weighted by Gasteiger charge is 2.01. The average Bonchev–Trinajstić information content (AvgIpc) is 2.33. The molecule has 0 aromatic rings. The van der Waals surface area contributed by atoms with E-state index in [2.05, 4.69) is 16.2 Å². The lowest BCUT2D eigenvalue weighted by molar-refractivity contribution is 0.728. The maximum Gasteiger partial charge on any atom is 0.0963 e. The summed E-state index contributed by atoms with van der Waals surface area (Å²) in [5, 5.41) is 3.27. The van der Waals surface area contributed by atoms with E-state index in [1.807, 2.05) is 0 Å². The van der Waals surface area contributed by atoms with Gasteiger partial charge in [-0.2, -0.15) is 0 Å². The van der Waals surface area contributed by atoms with E-state index in [9.17, 15) is 0 Å². The van der Waals surface area contributed by atoms with Gasteiger partial charge in [0.25, 0.3) is 0 Å². The predicted molar refractivity (Wildman–Crippen MR) is 52.2 cm³/mol.